The fraction of sp³-hybridized carbons (Fsp3) is 0.227. The van der Waals surface area contributed by atoms with Crippen LogP contribution >= 0.6 is 0 Å². The van der Waals surface area contributed by atoms with Crippen LogP contribution in [0.1, 0.15) is 11.1 Å². The number of carbonyl (C=O) groups excluding carboxylic acids is 2. The summed E-state index contributed by atoms with van der Waals surface area (Å²) in [7, 11) is -4.08. The molecule has 2 aromatic carbocycles. The van der Waals surface area contributed by atoms with Crippen molar-refractivity contribution in [1.82, 2.24) is 10.6 Å². The fourth-order valence-corrected chi connectivity index (χ4v) is 4.35. The minimum Gasteiger partial charge on any atom is -0.435 e. The lowest BCUT2D eigenvalue weighted by Crippen LogP contribution is -2.50. The van der Waals surface area contributed by atoms with Crippen LogP contribution in [0.3, 0.4) is 0 Å². The molecule has 2 rings (SSSR count). The predicted molar refractivity (Wildman–Crippen MR) is 117 cm³/mol. The Kier molecular flexibility index (Phi) is 9.50. The highest BCUT2D eigenvalue weighted by molar-refractivity contribution is 7.90. The Hall–Kier alpha value is -3.78. The number of benzene rings is 2. The van der Waals surface area contributed by atoms with Gasteiger partial charge < -0.3 is 15.4 Å². The summed E-state index contributed by atoms with van der Waals surface area (Å²) in [6.07, 6.45) is 2.62. The van der Waals surface area contributed by atoms with Crippen LogP contribution in [0.25, 0.3) is 6.08 Å². The van der Waals surface area contributed by atoms with Crippen molar-refractivity contribution < 1.29 is 31.5 Å². The van der Waals surface area contributed by atoms with E-state index < -0.39 is 52.4 Å². The van der Waals surface area contributed by atoms with Crippen LogP contribution in [0.15, 0.2) is 60.7 Å². The number of ether oxygens (including phenoxy) is 1. The third-order valence-electron chi connectivity index (χ3n) is 4.19. The first-order valence-corrected chi connectivity index (χ1v) is 11.4. The second-order valence-corrected chi connectivity index (χ2v) is 8.83. The highest BCUT2D eigenvalue weighted by Crippen LogP contribution is 2.23. The van der Waals surface area contributed by atoms with Crippen LogP contribution in [0.4, 0.5) is 8.78 Å². The predicted octanol–water partition coefficient (Wildman–Crippen LogP) is 2.04. The van der Waals surface area contributed by atoms with Gasteiger partial charge in [0, 0.05) is 11.6 Å². The second-order valence-electron chi connectivity index (χ2n) is 6.72. The van der Waals surface area contributed by atoms with Gasteiger partial charge in [-0.05, 0) is 17.7 Å². The van der Waals surface area contributed by atoms with E-state index in [9.17, 15) is 26.8 Å². The summed E-state index contributed by atoms with van der Waals surface area (Å²) in [4.78, 5) is 24.6. The average Bonchev–Trinajstić information content (AvgIpc) is 2.77. The van der Waals surface area contributed by atoms with Gasteiger partial charge in [-0.2, -0.15) is 14.0 Å². The minimum atomic E-state index is -4.08. The zero-order chi connectivity index (χ0) is 24.3. The van der Waals surface area contributed by atoms with E-state index in [-0.39, 0.29) is 11.3 Å². The van der Waals surface area contributed by atoms with Crippen molar-refractivity contribution in [3.63, 3.8) is 0 Å². The zero-order valence-corrected chi connectivity index (χ0v) is 18.1. The van der Waals surface area contributed by atoms with E-state index in [0.717, 1.165) is 6.08 Å². The van der Waals surface area contributed by atoms with E-state index in [1.807, 2.05) is 0 Å². The SMILES string of the molecule is N#CCNC(=O)[C@H](CS(=O)(=O)Cc1ccccc1OC(F)F)NC(=O)/C=C\c1ccccc1. The normalized spacial score (nSPS) is 12.2. The number of hydrogen-bond donors (Lipinski definition) is 2. The van der Waals surface area contributed by atoms with E-state index in [2.05, 4.69) is 15.4 Å². The molecule has 2 N–H and O–H groups in total. The number of halogens is 2. The molecule has 33 heavy (non-hydrogen) atoms. The maximum atomic E-state index is 12.7. The first kappa shape index (κ1) is 25.5. The maximum absolute atomic E-state index is 12.7. The third kappa shape index (κ3) is 9.08. The largest absolute Gasteiger partial charge is 0.435 e. The highest BCUT2D eigenvalue weighted by atomic mass is 32.2. The number of hydrogen-bond acceptors (Lipinski definition) is 6. The molecule has 0 heterocycles. The summed E-state index contributed by atoms with van der Waals surface area (Å²) < 4.78 is 55.0. The molecule has 0 spiro atoms. The van der Waals surface area contributed by atoms with Gasteiger partial charge in [-0.15, -0.1) is 0 Å². The number of sulfone groups is 1. The first-order chi connectivity index (χ1) is 15.7. The van der Waals surface area contributed by atoms with E-state index in [1.54, 1.807) is 36.4 Å². The molecule has 0 bridgehead atoms. The summed E-state index contributed by atoms with van der Waals surface area (Å²) in [5, 5.41) is 13.2. The van der Waals surface area contributed by atoms with Crippen molar-refractivity contribution in [2.75, 3.05) is 12.3 Å². The Morgan fingerprint density at radius 3 is 2.42 bits per heavy atom. The summed E-state index contributed by atoms with van der Waals surface area (Å²) in [6.45, 7) is -3.54. The molecule has 2 aromatic rings. The van der Waals surface area contributed by atoms with Crippen LogP contribution in [0.2, 0.25) is 0 Å². The molecule has 11 heteroatoms. The van der Waals surface area contributed by atoms with Crippen molar-refractivity contribution in [2.45, 2.75) is 18.4 Å². The second kappa shape index (κ2) is 12.3. The number of rotatable bonds is 11. The Balaban J connectivity index is 2.16. The number of alkyl halides is 2. The van der Waals surface area contributed by atoms with Gasteiger partial charge in [0.05, 0.1) is 17.6 Å². The molecule has 174 valence electrons. The monoisotopic (exact) mass is 477 g/mol. The van der Waals surface area contributed by atoms with Crippen LogP contribution in [0.5, 0.6) is 5.75 Å². The van der Waals surface area contributed by atoms with Crippen LogP contribution in [-0.4, -0.2) is 45.2 Å². The molecule has 0 aromatic heterocycles. The number of para-hydroxylation sites is 1. The lowest BCUT2D eigenvalue weighted by atomic mass is 10.2. The van der Waals surface area contributed by atoms with Crippen molar-refractivity contribution in [3.8, 4) is 11.8 Å². The molecule has 8 nitrogen and oxygen atoms in total. The Bertz CT molecular complexity index is 1130. The maximum Gasteiger partial charge on any atom is 0.387 e. The standard InChI is InChI=1S/C22H21F2N3O5S/c23-22(24)32-19-9-5-4-8-17(19)14-33(30,31)15-18(21(29)26-13-12-25)27-20(28)11-10-16-6-2-1-3-7-16/h1-11,18,22H,13-15H2,(H,26,29)(H,27,28)/b11-10-/t18-/m0/s1. The number of nitriles is 1. The average molecular weight is 477 g/mol. The van der Waals surface area contributed by atoms with Crippen molar-refractivity contribution >= 4 is 27.7 Å². The van der Waals surface area contributed by atoms with Crippen molar-refractivity contribution in [2.24, 2.45) is 0 Å². The Morgan fingerprint density at radius 2 is 1.76 bits per heavy atom. The molecule has 1 atom stereocenters. The van der Waals surface area contributed by atoms with Crippen molar-refractivity contribution in [1.29, 1.82) is 5.26 Å². The third-order valence-corrected chi connectivity index (χ3v) is 5.78. The van der Waals surface area contributed by atoms with Gasteiger partial charge in [0.25, 0.3) is 0 Å². The highest BCUT2D eigenvalue weighted by Gasteiger charge is 2.28. The minimum absolute atomic E-state index is 0.0238. The van der Waals surface area contributed by atoms with Gasteiger partial charge in [0.2, 0.25) is 11.8 Å². The molecule has 0 saturated heterocycles. The molecule has 0 unspecified atom stereocenters. The zero-order valence-electron chi connectivity index (χ0n) is 17.3. The van der Waals surface area contributed by atoms with Crippen molar-refractivity contribution in [3.05, 3.63) is 71.8 Å². The topological polar surface area (TPSA) is 125 Å². The number of carbonyl (C=O) groups is 2. The van der Waals surface area contributed by atoms with E-state index in [4.69, 9.17) is 5.26 Å². The molecule has 0 aliphatic rings. The molecule has 0 aliphatic heterocycles. The Labute approximate surface area is 189 Å². The summed E-state index contributed by atoms with van der Waals surface area (Å²) in [5.41, 5.74) is 0.686. The van der Waals surface area contributed by atoms with Crippen LogP contribution in [-0.2, 0) is 25.2 Å². The van der Waals surface area contributed by atoms with Gasteiger partial charge in [0.1, 0.15) is 18.3 Å². The molecule has 0 aliphatic carbocycles. The van der Waals surface area contributed by atoms with E-state index in [1.165, 1.54) is 30.3 Å². The molecule has 0 saturated carbocycles. The number of amides is 2. The summed E-state index contributed by atoms with van der Waals surface area (Å²) >= 11 is 0. The van der Waals surface area contributed by atoms with Gasteiger partial charge >= 0.3 is 6.61 Å². The van der Waals surface area contributed by atoms with Gasteiger partial charge in [0.15, 0.2) is 9.84 Å². The van der Waals surface area contributed by atoms with Crippen LogP contribution < -0.4 is 15.4 Å². The molecular weight excluding hydrogens is 456 g/mol. The summed E-state index contributed by atoms with van der Waals surface area (Å²) in [6, 6.07) is 14.3. The lowest BCUT2D eigenvalue weighted by Gasteiger charge is -2.18. The molecule has 0 radical (unpaired) electrons. The Morgan fingerprint density at radius 1 is 1.09 bits per heavy atom. The molecular formula is C22H21F2N3O5S. The lowest BCUT2D eigenvalue weighted by molar-refractivity contribution is -0.126. The van der Waals surface area contributed by atoms with E-state index in [0.29, 0.717) is 5.56 Å². The number of nitrogens with zero attached hydrogens (tertiary/aromatic N) is 1. The van der Waals surface area contributed by atoms with Gasteiger partial charge in [-0.3, -0.25) is 9.59 Å². The molecule has 2 amide bonds. The first-order valence-electron chi connectivity index (χ1n) is 9.61. The van der Waals surface area contributed by atoms with E-state index >= 15 is 0 Å². The van der Waals surface area contributed by atoms with Gasteiger partial charge in [-0.25, -0.2) is 8.42 Å². The van der Waals surface area contributed by atoms with Crippen LogP contribution in [0, 0.1) is 11.3 Å². The quantitative estimate of drug-likeness (QED) is 0.377. The smallest absolute Gasteiger partial charge is 0.387 e. The van der Waals surface area contributed by atoms with Gasteiger partial charge in [-0.1, -0.05) is 48.5 Å². The number of nitrogens with one attached hydrogen (secondary N) is 2. The molecule has 0 fully saturated rings. The summed E-state index contributed by atoms with van der Waals surface area (Å²) in [5.74, 6) is -3.44. The fourth-order valence-electron chi connectivity index (χ4n) is 2.77.